The van der Waals surface area contributed by atoms with Gasteiger partial charge >= 0.3 is 0 Å². The van der Waals surface area contributed by atoms with Crippen LogP contribution in [0.1, 0.15) is 19.0 Å². The maximum absolute atomic E-state index is 13.6. The van der Waals surface area contributed by atoms with E-state index in [0.717, 1.165) is 49.1 Å². The molecule has 1 unspecified atom stereocenters. The molecule has 2 aliphatic rings. The summed E-state index contributed by atoms with van der Waals surface area (Å²) in [5, 5.41) is 20.4. The molecule has 0 aliphatic carbocycles. The number of aromatic nitrogens is 3. The van der Waals surface area contributed by atoms with Crippen molar-refractivity contribution >= 4 is 27.0 Å². The number of rotatable bonds is 4. The lowest BCUT2D eigenvalue weighted by Crippen LogP contribution is -2.46. The van der Waals surface area contributed by atoms with Crippen molar-refractivity contribution in [3.8, 4) is 17.2 Å². The van der Waals surface area contributed by atoms with Crippen molar-refractivity contribution in [3.63, 3.8) is 0 Å². The zero-order valence-corrected chi connectivity index (χ0v) is 19.1. The fourth-order valence-electron chi connectivity index (χ4n) is 3.93. The minimum absolute atomic E-state index is 0.184. The molecule has 1 atom stereocenters. The van der Waals surface area contributed by atoms with Crippen molar-refractivity contribution in [2.45, 2.75) is 24.9 Å². The molecule has 9 nitrogen and oxygen atoms in total. The van der Waals surface area contributed by atoms with E-state index in [1.54, 1.807) is 17.7 Å². The van der Waals surface area contributed by atoms with Crippen LogP contribution in [-0.4, -0.2) is 64.3 Å². The normalized spacial score (nSPS) is 18.3. The van der Waals surface area contributed by atoms with Gasteiger partial charge < -0.3 is 15.5 Å². The molecule has 4 heterocycles. The van der Waals surface area contributed by atoms with E-state index in [0.29, 0.717) is 17.3 Å². The van der Waals surface area contributed by atoms with Gasteiger partial charge in [-0.2, -0.15) is 5.26 Å². The summed E-state index contributed by atoms with van der Waals surface area (Å²) >= 11 is 0. The summed E-state index contributed by atoms with van der Waals surface area (Å²) in [6.07, 6.45) is 4.21. The SMILES string of the molecule is CC#CCN1C(N2CCCNCC2)=S(C#N)c2ncn(Cc3ncccc3NC)c(=O)c21. The molecule has 4 rings (SSSR count). The van der Waals surface area contributed by atoms with Crippen LogP contribution >= 0.6 is 10.5 Å². The second kappa shape index (κ2) is 9.96. The van der Waals surface area contributed by atoms with Gasteiger partial charge in [-0.3, -0.25) is 19.2 Å². The number of pyridine rings is 1. The summed E-state index contributed by atoms with van der Waals surface area (Å²) in [5.41, 5.74) is 1.87. The topological polar surface area (TPSA) is 102 Å². The Bertz CT molecular complexity index is 1190. The second-order valence-corrected chi connectivity index (χ2v) is 8.91. The van der Waals surface area contributed by atoms with Crippen LogP contribution in [0.2, 0.25) is 0 Å². The number of nitrogens with zero attached hydrogens (tertiary/aromatic N) is 6. The first kappa shape index (κ1) is 22.0. The Morgan fingerprint density at radius 3 is 2.97 bits per heavy atom. The average Bonchev–Trinajstić information content (AvgIpc) is 2.94. The van der Waals surface area contributed by atoms with Gasteiger partial charge in [0.2, 0.25) is 0 Å². The highest BCUT2D eigenvalue weighted by Gasteiger charge is 2.36. The second-order valence-electron chi connectivity index (χ2n) is 7.36. The molecule has 0 spiro atoms. The van der Waals surface area contributed by atoms with E-state index in [1.165, 1.54) is 6.33 Å². The standard InChI is InChI=1S/C22H26N8OS/c1-3-4-12-30-19-20(32(15-23)22(30)28-11-6-8-25-10-13-28)27-16-29(21(19)31)14-18-17(24-2)7-5-9-26-18/h5,7,9,16,24-25H,6,8,10-14H2,1-2H3. The van der Waals surface area contributed by atoms with Crippen molar-refractivity contribution in [3.05, 3.63) is 40.7 Å². The Hall–Kier alpha value is -3.18. The molecule has 1 fully saturated rings. The number of fused-ring (bicyclic) bond motifs is 1. The Kier molecular flexibility index (Phi) is 6.86. The molecular weight excluding hydrogens is 424 g/mol. The van der Waals surface area contributed by atoms with Gasteiger partial charge in [0.15, 0.2) is 0 Å². The van der Waals surface area contributed by atoms with Gasteiger partial charge in [-0.25, -0.2) is 4.98 Å². The Labute approximate surface area is 190 Å². The molecule has 166 valence electrons. The van der Waals surface area contributed by atoms with Crippen LogP contribution in [0, 0.1) is 22.5 Å². The highest BCUT2D eigenvalue weighted by Crippen LogP contribution is 2.40. The van der Waals surface area contributed by atoms with E-state index in [-0.39, 0.29) is 12.1 Å². The van der Waals surface area contributed by atoms with Gasteiger partial charge in [-0.15, -0.1) is 5.92 Å². The molecule has 0 amide bonds. The quantitative estimate of drug-likeness (QED) is 0.309. The molecule has 2 aromatic heterocycles. The van der Waals surface area contributed by atoms with E-state index in [9.17, 15) is 10.1 Å². The lowest BCUT2D eigenvalue weighted by atomic mass is 10.3. The third kappa shape index (κ3) is 4.13. The number of anilines is 2. The van der Waals surface area contributed by atoms with Crippen LogP contribution < -0.4 is 21.1 Å². The highest BCUT2D eigenvalue weighted by molar-refractivity contribution is 8.20. The zero-order chi connectivity index (χ0) is 22.5. The molecule has 0 saturated carbocycles. The lowest BCUT2D eigenvalue weighted by molar-refractivity contribution is 0.446. The summed E-state index contributed by atoms with van der Waals surface area (Å²) in [4.78, 5) is 26.8. The van der Waals surface area contributed by atoms with Crippen LogP contribution in [-0.2, 0) is 6.54 Å². The molecule has 2 aromatic rings. The first-order chi connectivity index (χ1) is 15.7. The summed E-state index contributed by atoms with van der Waals surface area (Å²) in [5.74, 6) is 6.00. The largest absolute Gasteiger partial charge is 0.387 e. The van der Waals surface area contributed by atoms with E-state index in [2.05, 4.69) is 42.7 Å². The number of hydrogen-bond acceptors (Lipinski definition) is 8. The maximum atomic E-state index is 13.6. The summed E-state index contributed by atoms with van der Waals surface area (Å²) in [7, 11) is 0.894. The summed E-state index contributed by atoms with van der Waals surface area (Å²) in [6.45, 7) is 5.78. The fourth-order valence-corrected chi connectivity index (χ4v) is 5.63. The smallest absolute Gasteiger partial charge is 0.278 e. The third-order valence-corrected chi connectivity index (χ3v) is 7.16. The number of thiocyanates is 1. The number of hydrogen-bond donors (Lipinski definition) is 2. The third-order valence-electron chi connectivity index (χ3n) is 5.45. The van der Waals surface area contributed by atoms with Crippen molar-refractivity contribution in [2.75, 3.05) is 50.0 Å². The van der Waals surface area contributed by atoms with Crippen LogP contribution in [0.3, 0.4) is 0 Å². The molecule has 2 aliphatic heterocycles. The van der Waals surface area contributed by atoms with Gasteiger partial charge in [0, 0.05) is 43.4 Å². The molecule has 0 radical (unpaired) electrons. The maximum Gasteiger partial charge on any atom is 0.278 e. The number of nitrogens with one attached hydrogen (secondary N) is 2. The zero-order valence-electron chi connectivity index (χ0n) is 18.3. The molecule has 10 heteroatoms. The molecule has 2 N–H and O–H groups in total. The summed E-state index contributed by atoms with van der Waals surface area (Å²) in [6, 6.07) is 3.77. The van der Waals surface area contributed by atoms with Gasteiger partial charge in [-0.1, -0.05) is 5.92 Å². The van der Waals surface area contributed by atoms with Crippen LogP contribution in [0.4, 0.5) is 11.4 Å². The monoisotopic (exact) mass is 450 g/mol. The minimum Gasteiger partial charge on any atom is -0.387 e. The Morgan fingerprint density at radius 2 is 2.19 bits per heavy atom. The fraction of sp³-hybridized carbons (Fsp3) is 0.409. The van der Waals surface area contributed by atoms with Crippen LogP contribution in [0.15, 0.2) is 34.5 Å². The van der Waals surface area contributed by atoms with Crippen molar-refractivity contribution < 1.29 is 0 Å². The number of nitriles is 1. The van der Waals surface area contributed by atoms with E-state index in [1.807, 2.05) is 24.1 Å². The van der Waals surface area contributed by atoms with E-state index < -0.39 is 10.5 Å². The van der Waals surface area contributed by atoms with Crippen LogP contribution in [0.5, 0.6) is 0 Å². The van der Waals surface area contributed by atoms with Gasteiger partial charge in [0.1, 0.15) is 21.2 Å². The molecule has 0 aromatic carbocycles. The molecule has 0 bridgehead atoms. The van der Waals surface area contributed by atoms with Gasteiger partial charge in [-0.05, 0) is 32.0 Å². The predicted molar refractivity (Wildman–Crippen MR) is 128 cm³/mol. The molecular formula is C22H26N8OS. The van der Waals surface area contributed by atoms with Gasteiger partial charge in [0.05, 0.1) is 30.8 Å². The first-order valence-electron chi connectivity index (χ1n) is 10.5. The van der Waals surface area contributed by atoms with Crippen LogP contribution in [0.25, 0.3) is 0 Å². The predicted octanol–water partition coefficient (Wildman–Crippen LogP) is 1.06. The van der Waals surface area contributed by atoms with E-state index in [4.69, 9.17) is 0 Å². The lowest BCUT2D eigenvalue weighted by Gasteiger charge is -2.28. The minimum atomic E-state index is -0.931. The molecule has 1 saturated heterocycles. The first-order valence-corrected chi connectivity index (χ1v) is 11.8. The van der Waals surface area contributed by atoms with Crippen molar-refractivity contribution in [1.82, 2.24) is 24.8 Å². The Balaban J connectivity index is 1.80. The van der Waals surface area contributed by atoms with Crippen molar-refractivity contribution in [1.29, 1.82) is 5.26 Å². The highest BCUT2D eigenvalue weighted by atomic mass is 32.2. The van der Waals surface area contributed by atoms with Gasteiger partial charge in [0.25, 0.3) is 5.56 Å². The Morgan fingerprint density at radius 1 is 1.31 bits per heavy atom. The average molecular weight is 451 g/mol. The van der Waals surface area contributed by atoms with E-state index >= 15 is 0 Å². The van der Waals surface area contributed by atoms with Crippen molar-refractivity contribution in [2.24, 2.45) is 0 Å². The molecule has 32 heavy (non-hydrogen) atoms. The summed E-state index contributed by atoms with van der Waals surface area (Å²) < 4.78 is 1.56.